The van der Waals surface area contributed by atoms with Crippen LogP contribution >= 0.6 is 0 Å². The lowest BCUT2D eigenvalue weighted by molar-refractivity contribution is -0.870. The van der Waals surface area contributed by atoms with Gasteiger partial charge in [0.1, 0.15) is 0 Å². The second kappa shape index (κ2) is 4.79. The van der Waals surface area contributed by atoms with Gasteiger partial charge < -0.3 is 9.80 Å². The molecule has 15 heavy (non-hydrogen) atoms. The van der Waals surface area contributed by atoms with E-state index in [0.717, 1.165) is 17.4 Å². The molecular formula is C12H25N2O+. The SMILES string of the molecule is C=C(C)C(=O)NC(C)(C)CC[N+](C)(C)C. The van der Waals surface area contributed by atoms with Gasteiger partial charge in [0.15, 0.2) is 0 Å². The second-order valence-corrected chi connectivity index (χ2v) is 5.88. The summed E-state index contributed by atoms with van der Waals surface area (Å²) in [4.78, 5) is 11.5. The van der Waals surface area contributed by atoms with Gasteiger partial charge in [-0.3, -0.25) is 4.79 Å². The molecule has 88 valence electrons. The van der Waals surface area contributed by atoms with E-state index in [1.807, 2.05) is 13.8 Å². The molecule has 0 bridgehead atoms. The zero-order valence-corrected chi connectivity index (χ0v) is 11.0. The molecule has 0 atom stereocenters. The van der Waals surface area contributed by atoms with E-state index in [2.05, 4.69) is 33.0 Å². The van der Waals surface area contributed by atoms with Crippen LogP contribution in [0.2, 0.25) is 0 Å². The molecule has 0 saturated carbocycles. The van der Waals surface area contributed by atoms with Crippen LogP contribution < -0.4 is 5.32 Å². The molecule has 0 aromatic carbocycles. The summed E-state index contributed by atoms with van der Waals surface area (Å²) in [6, 6.07) is 0. The Bertz CT molecular complexity index is 249. The van der Waals surface area contributed by atoms with E-state index in [4.69, 9.17) is 0 Å². The lowest BCUT2D eigenvalue weighted by atomic mass is 9.99. The van der Waals surface area contributed by atoms with Gasteiger partial charge in [0, 0.05) is 17.5 Å². The number of nitrogens with one attached hydrogen (secondary N) is 1. The van der Waals surface area contributed by atoms with Crippen LogP contribution in [0.15, 0.2) is 12.2 Å². The van der Waals surface area contributed by atoms with Crippen LogP contribution in [-0.2, 0) is 4.79 Å². The van der Waals surface area contributed by atoms with Gasteiger partial charge in [0.05, 0.1) is 27.7 Å². The van der Waals surface area contributed by atoms with E-state index in [1.165, 1.54) is 0 Å². The van der Waals surface area contributed by atoms with E-state index >= 15 is 0 Å². The Morgan fingerprint density at radius 2 is 1.80 bits per heavy atom. The zero-order chi connectivity index (χ0) is 12.3. The fourth-order valence-corrected chi connectivity index (χ4v) is 1.09. The van der Waals surface area contributed by atoms with Crippen LogP contribution in [0.3, 0.4) is 0 Å². The largest absolute Gasteiger partial charge is 0.347 e. The normalized spacial score (nSPS) is 12.4. The van der Waals surface area contributed by atoms with Crippen molar-refractivity contribution in [2.24, 2.45) is 0 Å². The third-order valence-corrected chi connectivity index (χ3v) is 2.25. The van der Waals surface area contributed by atoms with Crippen LogP contribution in [0, 0.1) is 0 Å². The minimum Gasteiger partial charge on any atom is -0.347 e. The third-order valence-electron chi connectivity index (χ3n) is 2.25. The first-order chi connectivity index (χ1) is 6.53. The maximum Gasteiger partial charge on any atom is 0.246 e. The molecular weight excluding hydrogens is 188 g/mol. The monoisotopic (exact) mass is 213 g/mol. The van der Waals surface area contributed by atoms with Crippen molar-refractivity contribution in [1.29, 1.82) is 0 Å². The van der Waals surface area contributed by atoms with Crippen LogP contribution in [0.4, 0.5) is 0 Å². The smallest absolute Gasteiger partial charge is 0.246 e. The van der Waals surface area contributed by atoms with E-state index in [9.17, 15) is 4.79 Å². The Balaban J connectivity index is 4.19. The summed E-state index contributed by atoms with van der Waals surface area (Å²) in [7, 11) is 6.45. The van der Waals surface area contributed by atoms with E-state index in [-0.39, 0.29) is 11.4 Å². The van der Waals surface area contributed by atoms with Gasteiger partial charge in [-0.2, -0.15) is 0 Å². The number of amides is 1. The molecule has 0 saturated heterocycles. The van der Waals surface area contributed by atoms with E-state index in [1.54, 1.807) is 6.92 Å². The quantitative estimate of drug-likeness (QED) is 0.545. The number of carbonyl (C=O) groups is 1. The maximum absolute atomic E-state index is 11.5. The number of nitrogens with zero attached hydrogens (tertiary/aromatic N) is 1. The molecule has 1 amide bonds. The van der Waals surface area contributed by atoms with Crippen molar-refractivity contribution in [3.8, 4) is 0 Å². The van der Waals surface area contributed by atoms with Crippen molar-refractivity contribution < 1.29 is 9.28 Å². The number of quaternary nitrogens is 1. The Morgan fingerprint density at radius 1 is 1.33 bits per heavy atom. The zero-order valence-electron chi connectivity index (χ0n) is 11.0. The summed E-state index contributed by atoms with van der Waals surface area (Å²) in [5.74, 6) is -0.0543. The summed E-state index contributed by atoms with van der Waals surface area (Å²) in [5.41, 5.74) is 0.398. The minimum absolute atomic E-state index is 0.0543. The Hall–Kier alpha value is -0.830. The molecule has 0 heterocycles. The fraction of sp³-hybridized carbons (Fsp3) is 0.750. The first kappa shape index (κ1) is 14.2. The van der Waals surface area contributed by atoms with Crippen molar-refractivity contribution in [2.45, 2.75) is 32.7 Å². The van der Waals surface area contributed by atoms with Gasteiger partial charge >= 0.3 is 0 Å². The third kappa shape index (κ3) is 7.14. The summed E-state index contributed by atoms with van der Waals surface area (Å²) in [6.07, 6.45) is 0.954. The number of rotatable bonds is 5. The molecule has 0 aliphatic heterocycles. The average molecular weight is 213 g/mol. The highest BCUT2D eigenvalue weighted by molar-refractivity contribution is 5.92. The minimum atomic E-state index is -0.165. The number of hydrogen-bond acceptors (Lipinski definition) is 1. The molecule has 0 rings (SSSR count). The Morgan fingerprint density at radius 3 is 2.13 bits per heavy atom. The molecule has 0 aromatic rings. The predicted octanol–water partition coefficient (Wildman–Crippen LogP) is 1.55. The van der Waals surface area contributed by atoms with Gasteiger partial charge in [-0.1, -0.05) is 6.58 Å². The summed E-state index contributed by atoms with van der Waals surface area (Å²) in [5, 5.41) is 2.98. The van der Waals surface area contributed by atoms with E-state index in [0.29, 0.717) is 5.57 Å². The molecule has 1 N–H and O–H groups in total. The summed E-state index contributed by atoms with van der Waals surface area (Å²) < 4.78 is 0.909. The molecule has 0 radical (unpaired) electrons. The van der Waals surface area contributed by atoms with Crippen LogP contribution in [0.1, 0.15) is 27.2 Å². The van der Waals surface area contributed by atoms with Crippen LogP contribution in [0.5, 0.6) is 0 Å². The first-order valence-corrected chi connectivity index (χ1v) is 5.32. The molecule has 3 heteroatoms. The molecule has 0 aromatic heterocycles. The first-order valence-electron chi connectivity index (χ1n) is 5.32. The fourth-order valence-electron chi connectivity index (χ4n) is 1.09. The summed E-state index contributed by atoms with van der Waals surface area (Å²) >= 11 is 0. The highest BCUT2D eigenvalue weighted by Crippen LogP contribution is 2.11. The lowest BCUT2D eigenvalue weighted by Crippen LogP contribution is -2.48. The molecule has 0 aliphatic rings. The van der Waals surface area contributed by atoms with E-state index < -0.39 is 0 Å². The lowest BCUT2D eigenvalue weighted by Gasteiger charge is -2.31. The molecule has 3 nitrogen and oxygen atoms in total. The summed E-state index contributed by atoms with van der Waals surface area (Å²) in [6.45, 7) is 10.5. The maximum atomic E-state index is 11.5. The average Bonchev–Trinajstić information content (AvgIpc) is 1.99. The molecule has 0 fully saturated rings. The second-order valence-electron chi connectivity index (χ2n) is 5.88. The number of carbonyl (C=O) groups excluding carboxylic acids is 1. The van der Waals surface area contributed by atoms with Crippen molar-refractivity contribution >= 4 is 5.91 Å². The van der Waals surface area contributed by atoms with Gasteiger partial charge in [-0.25, -0.2) is 0 Å². The van der Waals surface area contributed by atoms with Gasteiger partial charge in [0.2, 0.25) is 5.91 Å². The predicted molar refractivity (Wildman–Crippen MR) is 64.6 cm³/mol. The molecule has 0 aliphatic carbocycles. The van der Waals surface area contributed by atoms with Crippen LogP contribution in [0.25, 0.3) is 0 Å². The highest BCUT2D eigenvalue weighted by Gasteiger charge is 2.23. The van der Waals surface area contributed by atoms with Crippen molar-refractivity contribution in [3.63, 3.8) is 0 Å². The van der Waals surface area contributed by atoms with Gasteiger partial charge in [-0.15, -0.1) is 0 Å². The van der Waals surface area contributed by atoms with Crippen LogP contribution in [-0.4, -0.2) is 43.6 Å². The van der Waals surface area contributed by atoms with Crippen molar-refractivity contribution in [1.82, 2.24) is 5.32 Å². The number of hydrogen-bond donors (Lipinski definition) is 1. The highest BCUT2D eigenvalue weighted by atomic mass is 16.1. The Kier molecular flexibility index (Phi) is 4.53. The van der Waals surface area contributed by atoms with Crippen molar-refractivity contribution in [3.05, 3.63) is 12.2 Å². The topological polar surface area (TPSA) is 29.1 Å². The van der Waals surface area contributed by atoms with Gasteiger partial charge in [0.25, 0.3) is 0 Å². The molecule has 0 spiro atoms. The standard InChI is InChI=1S/C12H24N2O/c1-10(2)11(15)13-12(3,4)8-9-14(5,6)7/h1,8-9H2,2-7H3/p+1. The molecule has 0 unspecified atom stereocenters. The van der Waals surface area contributed by atoms with Crippen molar-refractivity contribution in [2.75, 3.05) is 27.7 Å². The Labute approximate surface area is 93.7 Å². The van der Waals surface area contributed by atoms with Gasteiger partial charge in [-0.05, 0) is 20.8 Å².